The summed E-state index contributed by atoms with van der Waals surface area (Å²) in [5.41, 5.74) is 2.37. The SMILES string of the molecule is CCN(C)S(=O)c1ccc(C)c(COCC(=O)c2ccccn2)c1. The van der Waals surface area contributed by atoms with Gasteiger partial charge in [-0.15, -0.1) is 0 Å². The lowest BCUT2D eigenvalue weighted by atomic mass is 10.1. The molecule has 0 bridgehead atoms. The molecule has 0 aliphatic heterocycles. The maximum atomic E-state index is 12.3. The van der Waals surface area contributed by atoms with E-state index in [4.69, 9.17) is 4.74 Å². The minimum atomic E-state index is -1.19. The highest BCUT2D eigenvalue weighted by Gasteiger charge is 2.12. The molecule has 5 nitrogen and oxygen atoms in total. The molecule has 1 aromatic carbocycles. The molecule has 1 heterocycles. The van der Waals surface area contributed by atoms with Gasteiger partial charge in [-0.2, -0.15) is 0 Å². The smallest absolute Gasteiger partial charge is 0.206 e. The van der Waals surface area contributed by atoms with Crippen LogP contribution in [-0.4, -0.2) is 39.5 Å². The van der Waals surface area contributed by atoms with Crippen LogP contribution >= 0.6 is 0 Å². The van der Waals surface area contributed by atoms with Crippen LogP contribution < -0.4 is 0 Å². The van der Waals surface area contributed by atoms with Gasteiger partial charge in [-0.1, -0.05) is 19.1 Å². The first kappa shape index (κ1) is 18.4. The van der Waals surface area contributed by atoms with Gasteiger partial charge in [-0.05, 0) is 42.3 Å². The minimum Gasteiger partial charge on any atom is -0.369 e. The summed E-state index contributed by atoms with van der Waals surface area (Å²) in [6, 6.07) is 10.9. The maximum Gasteiger partial charge on any atom is 0.206 e. The lowest BCUT2D eigenvalue weighted by Gasteiger charge is -2.15. The van der Waals surface area contributed by atoms with Crippen molar-refractivity contribution < 1.29 is 13.7 Å². The second-order valence-corrected chi connectivity index (χ2v) is 7.01. The second-order valence-electron chi connectivity index (χ2n) is 5.41. The highest BCUT2D eigenvalue weighted by Crippen LogP contribution is 2.17. The van der Waals surface area contributed by atoms with Crippen LogP contribution in [0.3, 0.4) is 0 Å². The number of nitrogens with zero attached hydrogens (tertiary/aromatic N) is 2. The fourth-order valence-electron chi connectivity index (χ4n) is 2.06. The molecule has 1 unspecified atom stereocenters. The zero-order valence-corrected chi connectivity index (χ0v) is 15.0. The molecule has 0 fully saturated rings. The lowest BCUT2D eigenvalue weighted by Crippen LogP contribution is -2.20. The van der Waals surface area contributed by atoms with Gasteiger partial charge in [0.05, 0.1) is 11.5 Å². The van der Waals surface area contributed by atoms with Crippen LogP contribution in [0.25, 0.3) is 0 Å². The molecular formula is C18H22N2O3S. The second kappa shape index (κ2) is 8.82. The van der Waals surface area contributed by atoms with E-state index in [1.807, 2.05) is 39.1 Å². The summed E-state index contributed by atoms with van der Waals surface area (Å²) in [4.78, 5) is 16.7. The summed E-state index contributed by atoms with van der Waals surface area (Å²) in [6.45, 7) is 4.89. The number of hydrogen-bond donors (Lipinski definition) is 0. The van der Waals surface area contributed by atoms with Crippen molar-refractivity contribution in [1.82, 2.24) is 9.29 Å². The van der Waals surface area contributed by atoms with Gasteiger partial charge in [-0.25, -0.2) is 8.51 Å². The molecular weight excluding hydrogens is 324 g/mol. The fraction of sp³-hybridized carbons (Fsp3) is 0.333. The number of aryl methyl sites for hydroxylation is 1. The molecule has 1 atom stereocenters. The molecule has 2 rings (SSSR count). The van der Waals surface area contributed by atoms with Gasteiger partial charge in [0.25, 0.3) is 0 Å². The van der Waals surface area contributed by atoms with Crippen molar-refractivity contribution in [3.63, 3.8) is 0 Å². The molecule has 0 spiro atoms. The van der Waals surface area contributed by atoms with Crippen LogP contribution in [-0.2, 0) is 22.3 Å². The molecule has 0 radical (unpaired) electrons. The van der Waals surface area contributed by atoms with Gasteiger partial charge in [0.1, 0.15) is 23.3 Å². The van der Waals surface area contributed by atoms with Gasteiger partial charge < -0.3 is 4.74 Å². The van der Waals surface area contributed by atoms with Crippen molar-refractivity contribution in [2.45, 2.75) is 25.3 Å². The number of ether oxygens (including phenoxy) is 1. The van der Waals surface area contributed by atoms with E-state index >= 15 is 0 Å². The van der Waals surface area contributed by atoms with Crippen molar-refractivity contribution >= 4 is 16.8 Å². The van der Waals surface area contributed by atoms with E-state index in [1.54, 1.807) is 28.7 Å². The number of benzene rings is 1. The Kier molecular flexibility index (Phi) is 6.78. The third kappa shape index (κ3) is 4.80. The highest BCUT2D eigenvalue weighted by molar-refractivity contribution is 7.82. The molecule has 0 aliphatic carbocycles. The van der Waals surface area contributed by atoms with Crippen LogP contribution in [0.15, 0.2) is 47.5 Å². The molecule has 0 saturated heterocycles. The van der Waals surface area contributed by atoms with Crippen LogP contribution in [0, 0.1) is 6.92 Å². The van der Waals surface area contributed by atoms with Crippen LogP contribution in [0.2, 0.25) is 0 Å². The molecule has 0 amide bonds. The van der Waals surface area contributed by atoms with Gasteiger partial charge >= 0.3 is 0 Å². The number of Topliss-reactive ketones (excluding diaryl/α,β-unsaturated/α-hetero) is 1. The number of ketones is 1. The molecule has 128 valence electrons. The first-order valence-corrected chi connectivity index (χ1v) is 8.88. The van der Waals surface area contributed by atoms with Crippen LogP contribution in [0.4, 0.5) is 0 Å². The van der Waals surface area contributed by atoms with Gasteiger partial charge in [0, 0.05) is 19.8 Å². The predicted octanol–water partition coefficient (Wildman–Crippen LogP) is 2.76. The van der Waals surface area contributed by atoms with E-state index in [1.165, 1.54) is 0 Å². The molecule has 0 aliphatic rings. The maximum absolute atomic E-state index is 12.3. The van der Waals surface area contributed by atoms with E-state index in [0.29, 0.717) is 18.8 Å². The van der Waals surface area contributed by atoms with Gasteiger partial charge in [0.2, 0.25) is 5.78 Å². The molecule has 0 N–H and O–H groups in total. The molecule has 0 saturated carbocycles. The predicted molar refractivity (Wildman–Crippen MR) is 94.1 cm³/mol. The van der Waals surface area contributed by atoms with Gasteiger partial charge in [-0.3, -0.25) is 9.78 Å². The third-order valence-corrected chi connectivity index (χ3v) is 5.17. The third-order valence-electron chi connectivity index (χ3n) is 3.69. The van der Waals surface area contributed by atoms with E-state index < -0.39 is 11.0 Å². The molecule has 6 heteroatoms. The first-order valence-electron chi connectivity index (χ1n) is 7.77. The summed E-state index contributed by atoms with van der Waals surface area (Å²) in [6.07, 6.45) is 1.58. The van der Waals surface area contributed by atoms with E-state index in [-0.39, 0.29) is 12.4 Å². The number of pyridine rings is 1. The average Bonchev–Trinajstić information content (AvgIpc) is 2.62. The summed E-state index contributed by atoms with van der Waals surface area (Å²) >= 11 is 0. The van der Waals surface area contributed by atoms with Crippen molar-refractivity contribution in [1.29, 1.82) is 0 Å². The van der Waals surface area contributed by atoms with Crippen LogP contribution in [0.5, 0.6) is 0 Å². The molecule has 1 aromatic heterocycles. The van der Waals surface area contributed by atoms with E-state index in [9.17, 15) is 9.00 Å². The van der Waals surface area contributed by atoms with E-state index in [2.05, 4.69) is 4.98 Å². The number of aromatic nitrogens is 1. The largest absolute Gasteiger partial charge is 0.369 e. The first-order chi connectivity index (χ1) is 11.5. The zero-order valence-electron chi connectivity index (χ0n) is 14.2. The summed E-state index contributed by atoms with van der Waals surface area (Å²) < 4.78 is 19.6. The Bertz CT molecular complexity index is 719. The Morgan fingerprint density at radius 2 is 2.08 bits per heavy atom. The lowest BCUT2D eigenvalue weighted by molar-refractivity contribution is 0.0720. The van der Waals surface area contributed by atoms with Crippen LogP contribution in [0.1, 0.15) is 28.5 Å². The number of carbonyl (C=O) groups is 1. The zero-order chi connectivity index (χ0) is 17.5. The van der Waals surface area contributed by atoms with Crippen molar-refractivity contribution in [3.05, 3.63) is 59.4 Å². The Morgan fingerprint density at radius 3 is 2.75 bits per heavy atom. The Morgan fingerprint density at radius 1 is 1.29 bits per heavy atom. The normalized spacial score (nSPS) is 12.3. The fourth-order valence-corrected chi connectivity index (χ4v) is 3.09. The monoisotopic (exact) mass is 346 g/mol. The Balaban J connectivity index is 1.99. The van der Waals surface area contributed by atoms with Crippen molar-refractivity contribution in [2.24, 2.45) is 0 Å². The number of carbonyl (C=O) groups excluding carboxylic acids is 1. The highest BCUT2D eigenvalue weighted by atomic mass is 32.2. The van der Waals surface area contributed by atoms with Gasteiger partial charge in [0.15, 0.2) is 0 Å². The minimum absolute atomic E-state index is 0.0291. The van der Waals surface area contributed by atoms with Crippen molar-refractivity contribution in [2.75, 3.05) is 20.2 Å². The number of hydrogen-bond acceptors (Lipinski definition) is 4. The average molecular weight is 346 g/mol. The Labute approximate surface area is 145 Å². The summed E-state index contributed by atoms with van der Waals surface area (Å²) in [5, 5.41) is 0. The van der Waals surface area contributed by atoms with Crippen molar-refractivity contribution in [3.8, 4) is 0 Å². The standard InChI is InChI=1S/C18H22N2O3S/c1-4-20(3)24(22)16-9-8-14(2)15(11-16)12-23-13-18(21)17-7-5-6-10-19-17/h5-11H,4,12-13H2,1-3H3. The summed E-state index contributed by atoms with van der Waals surface area (Å²) in [7, 11) is 0.627. The molecule has 24 heavy (non-hydrogen) atoms. The summed E-state index contributed by atoms with van der Waals surface area (Å²) in [5.74, 6) is -0.154. The quantitative estimate of drug-likeness (QED) is 0.690. The molecule has 2 aromatic rings. The van der Waals surface area contributed by atoms with E-state index in [0.717, 1.165) is 16.0 Å². The topological polar surface area (TPSA) is 59.5 Å². The number of rotatable bonds is 8. The Hall–Kier alpha value is -1.89.